The lowest BCUT2D eigenvalue weighted by atomic mass is 10.0. The van der Waals surface area contributed by atoms with Gasteiger partial charge in [0.05, 0.1) is 13.7 Å². The average molecular weight is 437 g/mol. The highest BCUT2D eigenvalue weighted by Crippen LogP contribution is 2.35. The minimum atomic E-state index is -0.680. The molecule has 7 nitrogen and oxygen atoms in total. The molecular formula is C23H21F2N5O2. The number of hydrogen-bond acceptors (Lipinski definition) is 4. The Kier molecular flexibility index (Phi) is 5.88. The van der Waals surface area contributed by atoms with Gasteiger partial charge in [0, 0.05) is 36.5 Å². The molecular weight excluding hydrogens is 416 g/mol. The topological polar surface area (TPSA) is 77.7 Å². The predicted molar refractivity (Wildman–Crippen MR) is 115 cm³/mol. The van der Waals surface area contributed by atoms with E-state index in [1.54, 1.807) is 23.2 Å². The Morgan fingerprint density at radius 1 is 1.25 bits per heavy atom. The van der Waals surface area contributed by atoms with Crippen LogP contribution in [-0.4, -0.2) is 46.8 Å². The molecule has 1 aliphatic rings. The maximum Gasteiger partial charge on any atom is 0.244 e. The molecule has 2 N–H and O–H groups in total. The van der Waals surface area contributed by atoms with Gasteiger partial charge in [-0.2, -0.15) is 5.10 Å². The first-order chi connectivity index (χ1) is 15.4. The number of carbonyl (C=O) groups is 1. The van der Waals surface area contributed by atoms with Crippen molar-refractivity contribution in [2.24, 2.45) is 5.73 Å². The molecule has 1 amide bonds. The van der Waals surface area contributed by atoms with Crippen LogP contribution in [0.1, 0.15) is 6.42 Å². The molecule has 164 valence electrons. The van der Waals surface area contributed by atoms with Gasteiger partial charge in [-0.25, -0.2) is 13.6 Å². The van der Waals surface area contributed by atoms with Crippen molar-refractivity contribution in [1.29, 1.82) is 0 Å². The van der Waals surface area contributed by atoms with Crippen LogP contribution >= 0.6 is 0 Å². The molecule has 0 unspecified atom stereocenters. The highest BCUT2D eigenvalue weighted by atomic mass is 19.1. The second kappa shape index (κ2) is 8.77. The highest BCUT2D eigenvalue weighted by molar-refractivity contribution is 5.82. The first-order valence-electron chi connectivity index (χ1n) is 10.0. The number of carbonyl (C=O) groups excluding carboxylic acids is 1. The quantitative estimate of drug-likeness (QED) is 0.619. The summed E-state index contributed by atoms with van der Waals surface area (Å²) in [6.45, 7) is 8.09. The third-order valence-corrected chi connectivity index (χ3v) is 5.44. The van der Waals surface area contributed by atoms with E-state index in [-0.39, 0.29) is 29.9 Å². The number of rotatable bonds is 5. The van der Waals surface area contributed by atoms with Crippen molar-refractivity contribution in [2.45, 2.75) is 19.0 Å². The Labute approximate surface area is 183 Å². The normalized spacial score (nSPS) is 15.6. The Morgan fingerprint density at radius 2 is 2.00 bits per heavy atom. The lowest BCUT2D eigenvalue weighted by molar-refractivity contribution is -0.131. The van der Waals surface area contributed by atoms with Crippen LogP contribution in [-0.2, 0) is 11.3 Å². The summed E-state index contributed by atoms with van der Waals surface area (Å²) in [6, 6.07) is 8.58. The number of nitrogens with zero attached hydrogens (tertiary/aromatic N) is 4. The van der Waals surface area contributed by atoms with E-state index in [9.17, 15) is 13.6 Å². The summed E-state index contributed by atoms with van der Waals surface area (Å²) in [4.78, 5) is 17.5. The third-order valence-electron chi connectivity index (χ3n) is 5.44. The van der Waals surface area contributed by atoms with Gasteiger partial charge in [-0.1, -0.05) is 18.2 Å². The van der Waals surface area contributed by atoms with Gasteiger partial charge in [0.1, 0.15) is 18.1 Å². The molecule has 0 bridgehead atoms. The van der Waals surface area contributed by atoms with Gasteiger partial charge in [0.2, 0.25) is 11.6 Å². The van der Waals surface area contributed by atoms with Crippen LogP contribution in [0.5, 0.6) is 5.75 Å². The fourth-order valence-electron chi connectivity index (χ4n) is 3.76. The highest BCUT2D eigenvalue weighted by Gasteiger charge is 2.25. The first kappa shape index (κ1) is 21.5. The Bertz CT molecular complexity index is 1220. The summed E-state index contributed by atoms with van der Waals surface area (Å²) >= 11 is 0. The molecule has 4 rings (SSSR count). The van der Waals surface area contributed by atoms with Crippen LogP contribution in [0, 0.1) is 18.2 Å². The van der Waals surface area contributed by atoms with Crippen molar-refractivity contribution >= 4 is 11.6 Å². The fourth-order valence-corrected chi connectivity index (χ4v) is 3.76. The molecule has 1 aromatic heterocycles. The molecule has 0 spiro atoms. The van der Waals surface area contributed by atoms with E-state index in [2.05, 4.69) is 9.94 Å². The maximum absolute atomic E-state index is 14.4. The molecule has 32 heavy (non-hydrogen) atoms. The number of halogens is 2. The standard InChI is InChI=1S/C23H21F2N5O2/c1-27-20-5-3-15(10-18(20)24)23-17(14-4-6-21(32-2)19(25)9-14)12-30(28-23)13-22(31)29-8-7-16(26)11-29/h3-6,9-10,12,16H,7-8,11,13,26H2,2H3/t16-/m1/s1. The number of methoxy groups -OCH3 is 1. The molecule has 0 radical (unpaired) electrons. The van der Waals surface area contributed by atoms with Crippen molar-refractivity contribution in [2.75, 3.05) is 20.2 Å². The number of likely N-dealkylation sites (tertiary alicyclic amines) is 1. The van der Waals surface area contributed by atoms with E-state index in [0.717, 1.165) is 6.42 Å². The minimum Gasteiger partial charge on any atom is -0.494 e. The van der Waals surface area contributed by atoms with Gasteiger partial charge < -0.3 is 15.4 Å². The van der Waals surface area contributed by atoms with Gasteiger partial charge in [-0.3, -0.25) is 9.48 Å². The van der Waals surface area contributed by atoms with Gasteiger partial charge in [0.25, 0.3) is 0 Å². The summed E-state index contributed by atoms with van der Waals surface area (Å²) in [6.07, 6.45) is 2.38. The van der Waals surface area contributed by atoms with Gasteiger partial charge >= 0.3 is 0 Å². The number of ether oxygens (including phenoxy) is 1. The summed E-state index contributed by atoms with van der Waals surface area (Å²) in [7, 11) is 1.37. The van der Waals surface area contributed by atoms with Crippen molar-refractivity contribution in [3.63, 3.8) is 0 Å². The van der Waals surface area contributed by atoms with Crippen LogP contribution in [0.4, 0.5) is 14.5 Å². The zero-order chi connectivity index (χ0) is 22.8. The number of nitrogens with two attached hydrogens (primary N) is 1. The molecule has 0 saturated carbocycles. The molecule has 1 atom stereocenters. The van der Waals surface area contributed by atoms with E-state index < -0.39 is 11.6 Å². The zero-order valence-corrected chi connectivity index (χ0v) is 17.4. The zero-order valence-electron chi connectivity index (χ0n) is 17.4. The smallest absolute Gasteiger partial charge is 0.244 e. The van der Waals surface area contributed by atoms with Crippen LogP contribution in [0.25, 0.3) is 27.2 Å². The first-order valence-corrected chi connectivity index (χ1v) is 10.0. The molecule has 3 aromatic rings. The second-order valence-electron chi connectivity index (χ2n) is 7.60. The molecule has 2 aromatic carbocycles. The summed E-state index contributed by atoms with van der Waals surface area (Å²) in [5, 5.41) is 4.50. The van der Waals surface area contributed by atoms with E-state index >= 15 is 0 Å². The number of amides is 1. The number of hydrogen-bond donors (Lipinski definition) is 1. The maximum atomic E-state index is 14.4. The molecule has 1 fully saturated rings. The van der Waals surface area contributed by atoms with E-state index in [4.69, 9.17) is 17.0 Å². The molecule has 2 heterocycles. The van der Waals surface area contributed by atoms with Crippen LogP contribution in [0.15, 0.2) is 42.6 Å². The second-order valence-corrected chi connectivity index (χ2v) is 7.60. The van der Waals surface area contributed by atoms with Crippen LogP contribution in [0.2, 0.25) is 0 Å². The summed E-state index contributed by atoms with van der Waals surface area (Å²) < 4.78 is 35.1. The summed E-state index contributed by atoms with van der Waals surface area (Å²) in [5.41, 5.74) is 7.59. The van der Waals surface area contributed by atoms with Crippen molar-refractivity contribution in [3.05, 3.63) is 65.6 Å². The van der Waals surface area contributed by atoms with Crippen LogP contribution in [0.3, 0.4) is 0 Å². The lowest BCUT2D eigenvalue weighted by Crippen LogP contribution is -2.34. The minimum absolute atomic E-state index is 0.0268. The Morgan fingerprint density at radius 3 is 2.62 bits per heavy atom. The van der Waals surface area contributed by atoms with Crippen molar-refractivity contribution in [3.8, 4) is 28.1 Å². The molecule has 9 heteroatoms. The van der Waals surface area contributed by atoms with E-state index in [0.29, 0.717) is 35.5 Å². The third kappa shape index (κ3) is 4.18. The van der Waals surface area contributed by atoms with Crippen molar-refractivity contribution in [1.82, 2.24) is 14.7 Å². The van der Waals surface area contributed by atoms with E-state index in [1.165, 1.54) is 36.1 Å². The molecule has 1 aliphatic heterocycles. The predicted octanol–water partition coefficient (Wildman–Crippen LogP) is 3.61. The summed E-state index contributed by atoms with van der Waals surface area (Å²) in [5.74, 6) is -1.27. The SMILES string of the molecule is [C-]#[N+]c1ccc(-c2nn(CC(=O)N3CC[C@@H](N)C3)cc2-c2ccc(OC)c(F)c2)cc1F. The lowest BCUT2D eigenvalue weighted by Gasteiger charge is -2.15. The average Bonchev–Trinajstić information content (AvgIpc) is 3.40. The van der Waals surface area contributed by atoms with Gasteiger partial charge in [-0.15, -0.1) is 0 Å². The number of aromatic nitrogens is 2. The molecule has 1 saturated heterocycles. The van der Waals surface area contributed by atoms with Crippen LogP contribution < -0.4 is 10.5 Å². The monoisotopic (exact) mass is 437 g/mol. The van der Waals surface area contributed by atoms with E-state index in [1.807, 2.05) is 0 Å². The fraction of sp³-hybridized carbons (Fsp3) is 0.261. The largest absolute Gasteiger partial charge is 0.494 e. The van der Waals surface area contributed by atoms with Gasteiger partial charge in [0.15, 0.2) is 11.6 Å². The number of benzene rings is 2. The van der Waals surface area contributed by atoms with Gasteiger partial charge in [-0.05, 0) is 30.2 Å². The Hall–Kier alpha value is -3.77. The molecule has 0 aliphatic carbocycles. The van der Waals surface area contributed by atoms with Crippen molar-refractivity contribution < 1.29 is 18.3 Å². The Balaban J connectivity index is 1.75.